The van der Waals surface area contributed by atoms with Crippen molar-refractivity contribution in [3.63, 3.8) is 0 Å². The van der Waals surface area contributed by atoms with Gasteiger partial charge in [-0.3, -0.25) is 0 Å². The van der Waals surface area contributed by atoms with Crippen molar-refractivity contribution in [3.8, 4) is 0 Å². The summed E-state index contributed by atoms with van der Waals surface area (Å²) in [5, 5.41) is 1.04. The molecule has 4 heteroatoms. The highest BCUT2D eigenvalue weighted by molar-refractivity contribution is 9.09. The van der Waals surface area contributed by atoms with Crippen molar-refractivity contribution in [2.24, 2.45) is 11.3 Å². The van der Waals surface area contributed by atoms with Crippen LogP contribution in [0.4, 0.5) is 0 Å². The maximum absolute atomic E-state index is 6.02. The molecule has 0 radical (unpaired) electrons. The van der Waals surface area contributed by atoms with Gasteiger partial charge in [-0.1, -0.05) is 27.5 Å². The van der Waals surface area contributed by atoms with Gasteiger partial charge in [-0.15, -0.1) is 11.3 Å². The van der Waals surface area contributed by atoms with Crippen LogP contribution in [0.25, 0.3) is 0 Å². The first-order chi connectivity index (χ1) is 8.23. The van der Waals surface area contributed by atoms with E-state index in [0.29, 0.717) is 11.5 Å². The Labute approximate surface area is 120 Å². The van der Waals surface area contributed by atoms with E-state index in [0.717, 1.165) is 28.6 Å². The summed E-state index contributed by atoms with van der Waals surface area (Å²) in [5.41, 5.74) is 0.301. The van der Waals surface area contributed by atoms with E-state index in [-0.39, 0.29) is 0 Å². The lowest BCUT2D eigenvalue weighted by Crippen LogP contribution is -2.36. The summed E-state index contributed by atoms with van der Waals surface area (Å²) in [6, 6.07) is 4.17. The van der Waals surface area contributed by atoms with E-state index in [4.69, 9.17) is 16.3 Å². The first-order valence-electron chi connectivity index (χ1n) is 6.15. The van der Waals surface area contributed by atoms with Crippen LogP contribution in [-0.2, 0) is 11.2 Å². The molecule has 1 nitrogen and oxygen atoms in total. The number of ether oxygens (including phenoxy) is 1. The van der Waals surface area contributed by atoms with Crippen molar-refractivity contribution in [3.05, 3.63) is 21.3 Å². The minimum atomic E-state index is 0.301. The second kappa shape index (κ2) is 4.84. The Morgan fingerprint density at radius 1 is 1.47 bits per heavy atom. The molecule has 1 saturated heterocycles. The molecule has 2 unspecified atom stereocenters. The van der Waals surface area contributed by atoms with Crippen LogP contribution < -0.4 is 0 Å². The van der Waals surface area contributed by atoms with Crippen LogP contribution in [0.1, 0.15) is 24.1 Å². The highest BCUT2D eigenvalue weighted by atomic mass is 79.9. The summed E-state index contributed by atoms with van der Waals surface area (Å²) in [7, 11) is 0. The second-order valence-electron chi connectivity index (χ2n) is 5.26. The molecule has 2 atom stereocenters. The Bertz CT molecular complexity index is 404. The Morgan fingerprint density at radius 3 is 2.88 bits per heavy atom. The van der Waals surface area contributed by atoms with Gasteiger partial charge in [0.05, 0.1) is 10.4 Å². The maximum atomic E-state index is 6.02. The summed E-state index contributed by atoms with van der Waals surface area (Å²) in [4.78, 5) is 1.39. The molecule has 3 rings (SSSR count). The predicted molar refractivity (Wildman–Crippen MR) is 76.3 cm³/mol. The van der Waals surface area contributed by atoms with E-state index in [1.54, 1.807) is 11.3 Å². The molecule has 1 aliphatic carbocycles. The largest absolute Gasteiger partial charge is 0.377 e. The molecule has 0 amide bonds. The number of hydrogen-bond donors (Lipinski definition) is 0. The zero-order valence-electron chi connectivity index (χ0n) is 9.62. The van der Waals surface area contributed by atoms with Crippen LogP contribution >= 0.6 is 38.9 Å². The van der Waals surface area contributed by atoms with Crippen LogP contribution in [0.2, 0.25) is 4.34 Å². The number of rotatable bonds is 4. The molecular formula is C13H16BrClOS. The van der Waals surface area contributed by atoms with Crippen LogP contribution in [0, 0.1) is 11.3 Å². The Balaban J connectivity index is 1.80. The van der Waals surface area contributed by atoms with Crippen LogP contribution in [0.15, 0.2) is 12.1 Å². The first-order valence-corrected chi connectivity index (χ1v) is 8.47. The van der Waals surface area contributed by atoms with Gasteiger partial charge in [-0.25, -0.2) is 0 Å². The summed E-state index contributed by atoms with van der Waals surface area (Å²) in [6.45, 7) is 0.922. The number of alkyl halides is 1. The molecule has 2 heterocycles. The summed E-state index contributed by atoms with van der Waals surface area (Å²) in [6.07, 6.45) is 5.45. The Hall–Kier alpha value is 0.430. The quantitative estimate of drug-likeness (QED) is 0.735. The Morgan fingerprint density at radius 2 is 2.29 bits per heavy atom. The second-order valence-corrected chi connectivity index (χ2v) is 7.62. The monoisotopic (exact) mass is 334 g/mol. The lowest BCUT2D eigenvalue weighted by Gasteiger charge is -2.32. The zero-order chi connectivity index (χ0) is 11.9. The molecule has 0 bridgehead atoms. The zero-order valence-corrected chi connectivity index (χ0v) is 12.8. The normalized spacial score (nSPS) is 33.2. The lowest BCUT2D eigenvalue weighted by molar-refractivity contribution is 0.0416. The van der Waals surface area contributed by atoms with Gasteiger partial charge >= 0.3 is 0 Å². The maximum Gasteiger partial charge on any atom is 0.0931 e. The van der Waals surface area contributed by atoms with Gasteiger partial charge in [0.25, 0.3) is 0 Å². The van der Waals surface area contributed by atoms with Crippen molar-refractivity contribution in [2.45, 2.75) is 31.8 Å². The van der Waals surface area contributed by atoms with Gasteiger partial charge in [0, 0.05) is 22.2 Å². The molecule has 2 fully saturated rings. The van der Waals surface area contributed by atoms with Crippen LogP contribution in [0.5, 0.6) is 0 Å². The highest BCUT2D eigenvalue weighted by Crippen LogP contribution is 2.50. The fourth-order valence-electron chi connectivity index (χ4n) is 2.92. The van der Waals surface area contributed by atoms with E-state index in [9.17, 15) is 0 Å². The van der Waals surface area contributed by atoms with E-state index in [1.807, 2.05) is 6.07 Å². The van der Waals surface area contributed by atoms with Crippen LogP contribution in [0.3, 0.4) is 0 Å². The third-order valence-corrected chi connectivity index (χ3v) is 6.32. The van der Waals surface area contributed by atoms with E-state index >= 15 is 0 Å². The fraction of sp³-hybridized carbons (Fsp3) is 0.692. The lowest BCUT2D eigenvalue weighted by atomic mass is 9.77. The van der Waals surface area contributed by atoms with Gasteiger partial charge in [0.15, 0.2) is 0 Å². The van der Waals surface area contributed by atoms with Crippen molar-refractivity contribution in [1.82, 2.24) is 0 Å². The molecule has 1 aromatic rings. The molecule has 0 aromatic carbocycles. The van der Waals surface area contributed by atoms with Crippen molar-refractivity contribution < 1.29 is 4.74 Å². The van der Waals surface area contributed by atoms with Gasteiger partial charge in [0.2, 0.25) is 0 Å². The molecule has 1 aliphatic heterocycles. The van der Waals surface area contributed by atoms with Crippen molar-refractivity contribution >= 4 is 38.9 Å². The fourth-order valence-corrected chi connectivity index (χ4v) is 4.96. The first kappa shape index (κ1) is 12.5. The smallest absolute Gasteiger partial charge is 0.0931 e. The van der Waals surface area contributed by atoms with E-state index in [2.05, 4.69) is 22.0 Å². The average molecular weight is 336 g/mol. The minimum absolute atomic E-state index is 0.301. The predicted octanol–water partition coefficient (Wildman–Crippen LogP) is 4.52. The van der Waals surface area contributed by atoms with Gasteiger partial charge in [0.1, 0.15) is 0 Å². The van der Waals surface area contributed by atoms with Crippen molar-refractivity contribution in [2.75, 3.05) is 11.9 Å². The van der Waals surface area contributed by atoms with Gasteiger partial charge in [-0.05, 0) is 43.7 Å². The molecule has 0 N–H and O–H groups in total. The van der Waals surface area contributed by atoms with E-state index in [1.165, 1.54) is 24.1 Å². The highest BCUT2D eigenvalue weighted by Gasteiger charge is 2.50. The third kappa shape index (κ3) is 2.44. The summed E-state index contributed by atoms with van der Waals surface area (Å²) in [5.74, 6) is 0.811. The molecule has 0 spiro atoms. The molecular weight excluding hydrogens is 320 g/mol. The molecule has 17 heavy (non-hydrogen) atoms. The Kier molecular flexibility index (Phi) is 3.55. The average Bonchev–Trinajstić information content (AvgIpc) is 2.96. The SMILES string of the molecule is Clc1ccc(CC2(CBr)CCOC2C2CC2)s1. The molecule has 1 aromatic heterocycles. The van der Waals surface area contributed by atoms with Crippen LogP contribution in [-0.4, -0.2) is 18.0 Å². The number of hydrogen-bond acceptors (Lipinski definition) is 2. The van der Waals surface area contributed by atoms with E-state index < -0.39 is 0 Å². The third-order valence-electron chi connectivity index (χ3n) is 3.97. The standard InChI is InChI=1S/C13H16BrClOS/c14-8-13(7-10-3-4-11(15)17-10)5-6-16-12(13)9-1-2-9/h3-4,9,12H,1-2,5-8H2. The summed E-state index contributed by atoms with van der Waals surface area (Å²) >= 11 is 11.5. The molecule has 1 saturated carbocycles. The van der Waals surface area contributed by atoms with Gasteiger partial charge < -0.3 is 4.74 Å². The number of halogens is 2. The molecule has 2 aliphatic rings. The van der Waals surface area contributed by atoms with Gasteiger partial charge in [-0.2, -0.15) is 0 Å². The minimum Gasteiger partial charge on any atom is -0.377 e. The topological polar surface area (TPSA) is 9.23 Å². The van der Waals surface area contributed by atoms with Crippen molar-refractivity contribution in [1.29, 1.82) is 0 Å². The number of thiophene rings is 1. The summed E-state index contributed by atoms with van der Waals surface area (Å²) < 4.78 is 6.90. The molecule has 94 valence electrons.